The Labute approximate surface area is 196 Å². The molecule has 0 rings (SSSR count). The zero-order valence-electron chi connectivity index (χ0n) is 22.2. The van der Waals surface area contributed by atoms with Crippen LogP contribution in [0, 0.1) is 17.3 Å². The van der Waals surface area contributed by atoms with E-state index in [0.29, 0.717) is 11.8 Å². The Bertz CT molecular complexity index is 648. The smallest absolute Gasteiger partial charge is 0.00330 e. The molecule has 0 heterocycles. The average Bonchev–Trinajstić information content (AvgIpc) is 2.70. The van der Waals surface area contributed by atoms with Crippen LogP contribution in [0.4, 0.5) is 0 Å². The molecule has 0 radical (unpaired) electrons. The summed E-state index contributed by atoms with van der Waals surface area (Å²) >= 11 is 0. The van der Waals surface area contributed by atoms with Crippen molar-refractivity contribution < 1.29 is 0 Å². The molecule has 0 amide bonds. The lowest BCUT2D eigenvalue weighted by Crippen LogP contribution is -2.09. The van der Waals surface area contributed by atoms with Gasteiger partial charge in [0.2, 0.25) is 0 Å². The maximum atomic E-state index is 4.12. The summed E-state index contributed by atoms with van der Waals surface area (Å²) in [4.78, 5) is 0. The van der Waals surface area contributed by atoms with E-state index in [1.54, 1.807) is 0 Å². The molecular weight excluding hydrogens is 372 g/mol. The summed E-state index contributed by atoms with van der Waals surface area (Å²) in [5, 5.41) is 0. The molecule has 0 aliphatic carbocycles. The van der Waals surface area contributed by atoms with Crippen LogP contribution in [-0.4, -0.2) is 0 Å². The molecule has 0 N–H and O–H groups in total. The van der Waals surface area contributed by atoms with Gasteiger partial charge in [-0.25, -0.2) is 0 Å². The first-order chi connectivity index (χ1) is 14.5. The van der Waals surface area contributed by atoms with E-state index in [1.807, 2.05) is 0 Å². The molecule has 0 aliphatic rings. The van der Waals surface area contributed by atoms with Crippen LogP contribution in [0.25, 0.3) is 0 Å². The van der Waals surface area contributed by atoms with Gasteiger partial charge < -0.3 is 0 Å². The number of rotatable bonds is 16. The van der Waals surface area contributed by atoms with Crippen LogP contribution in [0.5, 0.6) is 0 Å². The Morgan fingerprint density at radius 3 is 2.03 bits per heavy atom. The fourth-order valence-corrected chi connectivity index (χ4v) is 3.44. The van der Waals surface area contributed by atoms with Gasteiger partial charge >= 0.3 is 0 Å². The van der Waals surface area contributed by atoms with Gasteiger partial charge in [0.15, 0.2) is 0 Å². The Hall–Kier alpha value is -1.56. The van der Waals surface area contributed by atoms with E-state index in [0.717, 1.165) is 12.8 Å². The van der Waals surface area contributed by atoms with Gasteiger partial charge in [-0.05, 0) is 97.8 Å². The standard InChI is InChI=1S/C31H52/c1-11-31(10,23-14-19-28(7)20-21-30(9)26(4)5)24-22-29(8)18-13-17-27(6)16-12-15-25(2)3/h11,15,17,19,22,24,29-30H,1,4,12-14,16,18,20-21,23H2,2-3,5-10H3/b24-22+,27-17+,28-19+/t29-,30+,31+/m0/s1. The van der Waals surface area contributed by atoms with Crippen molar-refractivity contribution in [3.8, 4) is 0 Å². The van der Waals surface area contributed by atoms with Crippen LogP contribution in [0.1, 0.15) is 107 Å². The minimum Gasteiger partial charge on any atom is -0.102 e. The van der Waals surface area contributed by atoms with Crippen LogP contribution in [0.15, 0.2) is 71.9 Å². The lowest BCUT2D eigenvalue weighted by molar-refractivity contribution is 0.498. The first kappa shape index (κ1) is 29.4. The van der Waals surface area contributed by atoms with Gasteiger partial charge in [0.25, 0.3) is 0 Å². The van der Waals surface area contributed by atoms with E-state index in [4.69, 9.17) is 0 Å². The molecule has 0 aliphatic heterocycles. The summed E-state index contributed by atoms with van der Waals surface area (Å²) in [6, 6.07) is 0. The third-order valence-electron chi connectivity index (χ3n) is 6.47. The van der Waals surface area contributed by atoms with Gasteiger partial charge in [0.1, 0.15) is 0 Å². The molecule has 0 saturated heterocycles. The SMILES string of the molecule is C=C[C@@](C)(/C=C/[C@@H](C)CC/C=C(\C)CCC=C(C)C)CC/C=C(\C)CC[C@@H](C)C(=C)C. The zero-order valence-corrected chi connectivity index (χ0v) is 22.2. The molecule has 176 valence electrons. The van der Waals surface area contributed by atoms with Gasteiger partial charge in [0, 0.05) is 5.41 Å². The van der Waals surface area contributed by atoms with Gasteiger partial charge in [-0.3, -0.25) is 0 Å². The highest BCUT2D eigenvalue weighted by molar-refractivity contribution is 5.10. The molecule has 3 atom stereocenters. The van der Waals surface area contributed by atoms with E-state index in [2.05, 4.69) is 105 Å². The highest BCUT2D eigenvalue weighted by Gasteiger charge is 2.15. The van der Waals surface area contributed by atoms with Crippen molar-refractivity contribution in [2.24, 2.45) is 17.3 Å². The quantitative estimate of drug-likeness (QED) is 0.216. The highest BCUT2D eigenvalue weighted by atomic mass is 14.2. The van der Waals surface area contributed by atoms with Gasteiger partial charge in [0.05, 0.1) is 0 Å². The van der Waals surface area contributed by atoms with Gasteiger partial charge in [-0.15, -0.1) is 6.58 Å². The maximum absolute atomic E-state index is 4.12. The maximum Gasteiger partial charge on any atom is 0.00330 e. The summed E-state index contributed by atoms with van der Waals surface area (Å²) in [5.74, 6) is 1.21. The van der Waals surface area contributed by atoms with E-state index < -0.39 is 0 Å². The number of allylic oxidation sites excluding steroid dienone is 10. The van der Waals surface area contributed by atoms with Crippen molar-refractivity contribution in [2.45, 2.75) is 107 Å². The summed E-state index contributed by atoms with van der Waals surface area (Å²) in [7, 11) is 0. The second-order valence-corrected chi connectivity index (χ2v) is 10.4. The molecule has 0 unspecified atom stereocenters. The minimum atomic E-state index is 0.0755. The molecule has 0 nitrogen and oxygen atoms in total. The van der Waals surface area contributed by atoms with E-state index >= 15 is 0 Å². The fourth-order valence-electron chi connectivity index (χ4n) is 3.44. The first-order valence-corrected chi connectivity index (χ1v) is 12.4. The third kappa shape index (κ3) is 15.8. The van der Waals surface area contributed by atoms with Crippen molar-refractivity contribution in [1.82, 2.24) is 0 Å². The average molecular weight is 425 g/mol. The van der Waals surface area contributed by atoms with E-state index in [9.17, 15) is 0 Å². The molecule has 0 saturated carbocycles. The minimum absolute atomic E-state index is 0.0755. The molecular formula is C31H52. The molecule has 0 bridgehead atoms. The van der Waals surface area contributed by atoms with Crippen LogP contribution in [-0.2, 0) is 0 Å². The third-order valence-corrected chi connectivity index (χ3v) is 6.47. The second-order valence-electron chi connectivity index (χ2n) is 10.4. The van der Waals surface area contributed by atoms with Crippen molar-refractivity contribution in [1.29, 1.82) is 0 Å². The van der Waals surface area contributed by atoms with E-state index in [1.165, 1.54) is 60.8 Å². The summed E-state index contributed by atoms with van der Waals surface area (Å²) in [6.07, 6.45) is 23.4. The summed E-state index contributed by atoms with van der Waals surface area (Å²) < 4.78 is 0. The van der Waals surface area contributed by atoms with Gasteiger partial charge in [-0.2, -0.15) is 0 Å². The predicted octanol–water partition coefficient (Wildman–Crippen LogP) is 10.6. The van der Waals surface area contributed by atoms with Crippen molar-refractivity contribution in [3.05, 3.63) is 71.9 Å². The van der Waals surface area contributed by atoms with Crippen LogP contribution >= 0.6 is 0 Å². The molecule has 0 aromatic carbocycles. The summed E-state index contributed by atoms with van der Waals surface area (Å²) in [6.45, 7) is 26.1. The van der Waals surface area contributed by atoms with Crippen LogP contribution < -0.4 is 0 Å². The molecule has 0 heteroatoms. The highest BCUT2D eigenvalue weighted by Crippen LogP contribution is 2.29. The predicted molar refractivity (Wildman–Crippen MR) is 144 cm³/mol. The van der Waals surface area contributed by atoms with Gasteiger partial charge in [-0.1, -0.05) is 86.1 Å². The van der Waals surface area contributed by atoms with Crippen molar-refractivity contribution >= 4 is 0 Å². The lowest BCUT2D eigenvalue weighted by atomic mass is 9.83. The Kier molecular flexibility index (Phi) is 15.3. The van der Waals surface area contributed by atoms with Crippen LogP contribution in [0.3, 0.4) is 0 Å². The Morgan fingerprint density at radius 2 is 1.45 bits per heavy atom. The molecule has 0 aromatic rings. The number of hydrogen-bond acceptors (Lipinski definition) is 0. The molecule has 0 spiro atoms. The monoisotopic (exact) mass is 424 g/mol. The first-order valence-electron chi connectivity index (χ1n) is 12.4. The fraction of sp³-hybridized carbons (Fsp3) is 0.613. The lowest BCUT2D eigenvalue weighted by Gasteiger charge is -2.22. The molecule has 31 heavy (non-hydrogen) atoms. The van der Waals surface area contributed by atoms with E-state index in [-0.39, 0.29) is 5.41 Å². The zero-order chi connectivity index (χ0) is 23.9. The van der Waals surface area contributed by atoms with Crippen molar-refractivity contribution in [2.75, 3.05) is 0 Å². The Balaban J connectivity index is 4.47. The summed E-state index contributed by atoms with van der Waals surface area (Å²) in [5.41, 5.74) is 5.81. The molecule has 0 aromatic heterocycles. The van der Waals surface area contributed by atoms with Crippen LogP contribution in [0.2, 0.25) is 0 Å². The normalized spacial score (nSPS) is 16.6. The topological polar surface area (TPSA) is 0 Å². The number of hydrogen-bond donors (Lipinski definition) is 0. The second kappa shape index (κ2) is 16.1. The van der Waals surface area contributed by atoms with Crippen molar-refractivity contribution in [3.63, 3.8) is 0 Å². The largest absolute Gasteiger partial charge is 0.102 e. The Morgan fingerprint density at radius 1 is 0.839 bits per heavy atom. The molecule has 0 fully saturated rings.